The Kier molecular flexibility index (Phi) is 3.97. The van der Waals surface area contributed by atoms with Gasteiger partial charge in [0.05, 0.1) is 12.2 Å². The average molecular weight is 220 g/mol. The molecule has 0 bridgehead atoms. The zero-order valence-electron chi connectivity index (χ0n) is 10.1. The molecular weight excluding hydrogens is 200 g/mol. The molecule has 2 rings (SSSR count). The van der Waals surface area contributed by atoms with Crippen molar-refractivity contribution in [2.75, 3.05) is 14.2 Å². The van der Waals surface area contributed by atoms with Crippen molar-refractivity contribution in [2.45, 2.75) is 37.4 Å². The topological polar surface area (TPSA) is 18.5 Å². The normalized spacial score (nSPS) is 30.2. The van der Waals surface area contributed by atoms with E-state index in [0.29, 0.717) is 18.1 Å². The average Bonchev–Trinajstić information content (AvgIpc) is 2.39. The van der Waals surface area contributed by atoms with Crippen molar-refractivity contribution in [3.8, 4) is 0 Å². The molecule has 0 radical (unpaired) electrons. The second kappa shape index (κ2) is 5.46. The lowest BCUT2D eigenvalue weighted by molar-refractivity contribution is -0.0105. The van der Waals surface area contributed by atoms with Crippen LogP contribution in [0.1, 0.15) is 30.7 Å². The van der Waals surface area contributed by atoms with Crippen LogP contribution in [-0.2, 0) is 9.47 Å². The molecule has 16 heavy (non-hydrogen) atoms. The molecule has 0 spiro atoms. The van der Waals surface area contributed by atoms with E-state index in [2.05, 4.69) is 30.3 Å². The Morgan fingerprint density at radius 3 is 2.38 bits per heavy atom. The zero-order chi connectivity index (χ0) is 11.4. The number of hydrogen-bond donors (Lipinski definition) is 0. The van der Waals surface area contributed by atoms with E-state index < -0.39 is 0 Å². The SMILES string of the molecule is COC1CCC(OC)C(c2ccccc2)C1. The van der Waals surface area contributed by atoms with Gasteiger partial charge in [-0.15, -0.1) is 0 Å². The molecule has 2 heteroatoms. The molecule has 0 N–H and O–H groups in total. The summed E-state index contributed by atoms with van der Waals surface area (Å²) in [5.41, 5.74) is 1.37. The van der Waals surface area contributed by atoms with Gasteiger partial charge >= 0.3 is 0 Å². The summed E-state index contributed by atoms with van der Waals surface area (Å²) in [5.74, 6) is 0.477. The summed E-state index contributed by atoms with van der Waals surface area (Å²) in [6.07, 6.45) is 4.00. The second-order valence-corrected chi connectivity index (χ2v) is 4.46. The fourth-order valence-corrected chi connectivity index (χ4v) is 2.65. The molecule has 0 amide bonds. The first kappa shape index (κ1) is 11.6. The summed E-state index contributed by atoms with van der Waals surface area (Å²) in [4.78, 5) is 0. The maximum Gasteiger partial charge on any atom is 0.0641 e. The van der Waals surface area contributed by atoms with E-state index in [-0.39, 0.29) is 0 Å². The van der Waals surface area contributed by atoms with Crippen molar-refractivity contribution < 1.29 is 9.47 Å². The molecule has 1 aliphatic carbocycles. The standard InChI is InChI=1S/C14H20O2/c1-15-12-8-9-14(16-2)13(10-12)11-6-4-3-5-7-11/h3-7,12-14H,8-10H2,1-2H3. The van der Waals surface area contributed by atoms with Crippen LogP contribution in [0.3, 0.4) is 0 Å². The summed E-state index contributed by atoms with van der Waals surface area (Å²) in [6, 6.07) is 10.6. The lowest BCUT2D eigenvalue weighted by Gasteiger charge is -2.35. The fraction of sp³-hybridized carbons (Fsp3) is 0.571. The highest BCUT2D eigenvalue weighted by molar-refractivity contribution is 5.21. The van der Waals surface area contributed by atoms with E-state index in [1.807, 2.05) is 7.11 Å². The van der Waals surface area contributed by atoms with Crippen molar-refractivity contribution in [3.63, 3.8) is 0 Å². The second-order valence-electron chi connectivity index (χ2n) is 4.46. The van der Waals surface area contributed by atoms with Gasteiger partial charge in [0.2, 0.25) is 0 Å². The highest BCUT2D eigenvalue weighted by Gasteiger charge is 2.31. The van der Waals surface area contributed by atoms with E-state index in [1.165, 1.54) is 5.56 Å². The molecule has 1 saturated carbocycles. The third kappa shape index (κ3) is 2.45. The van der Waals surface area contributed by atoms with Gasteiger partial charge in [0.1, 0.15) is 0 Å². The maximum absolute atomic E-state index is 5.60. The molecule has 1 fully saturated rings. The van der Waals surface area contributed by atoms with E-state index in [4.69, 9.17) is 9.47 Å². The molecule has 0 aliphatic heterocycles. The van der Waals surface area contributed by atoms with Crippen molar-refractivity contribution in [1.82, 2.24) is 0 Å². The molecule has 3 unspecified atom stereocenters. The Bertz CT molecular complexity index is 310. The van der Waals surface area contributed by atoms with Gasteiger partial charge in [-0.2, -0.15) is 0 Å². The molecule has 0 heterocycles. The molecule has 2 nitrogen and oxygen atoms in total. The number of rotatable bonds is 3. The maximum atomic E-state index is 5.60. The van der Waals surface area contributed by atoms with Gasteiger partial charge in [-0.05, 0) is 24.8 Å². The quantitative estimate of drug-likeness (QED) is 0.779. The first-order valence-electron chi connectivity index (χ1n) is 5.95. The highest BCUT2D eigenvalue weighted by atomic mass is 16.5. The van der Waals surface area contributed by atoms with Gasteiger partial charge in [0.25, 0.3) is 0 Å². The van der Waals surface area contributed by atoms with Crippen molar-refractivity contribution in [3.05, 3.63) is 35.9 Å². The Labute approximate surface area is 97.6 Å². The fourth-order valence-electron chi connectivity index (χ4n) is 2.65. The minimum Gasteiger partial charge on any atom is -0.381 e. The smallest absolute Gasteiger partial charge is 0.0641 e. The van der Waals surface area contributed by atoms with Crippen LogP contribution in [0.25, 0.3) is 0 Å². The van der Waals surface area contributed by atoms with Gasteiger partial charge in [-0.25, -0.2) is 0 Å². The molecule has 88 valence electrons. The molecule has 0 saturated heterocycles. The minimum absolute atomic E-state index is 0.341. The van der Waals surface area contributed by atoms with Crippen LogP contribution < -0.4 is 0 Å². The van der Waals surface area contributed by atoms with Crippen LogP contribution in [0.5, 0.6) is 0 Å². The molecular formula is C14H20O2. The number of ether oxygens (including phenoxy) is 2. The Balaban J connectivity index is 2.15. The molecule has 3 atom stereocenters. The van der Waals surface area contributed by atoms with Crippen molar-refractivity contribution in [2.24, 2.45) is 0 Å². The van der Waals surface area contributed by atoms with Crippen LogP contribution >= 0.6 is 0 Å². The van der Waals surface area contributed by atoms with Gasteiger partial charge in [-0.1, -0.05) is 30.3 Å². The largest absolute Gasteiger partial charge is 0.381 e. The lowest BCUT2D eigenvalue weighted by atomic mass is 9.80. The predicted molar refractivity (Wildman–Crippen MR) is 64.6 cm³/mol. The van der Waals surface area contributed by atoms with Gasteiger partial charge in [0.15, 0.2) is 0 Å². The summed E-state index contributed by atoms with van der Waals surface area (Å²) in [5, 5.41) is 0. The molecule has 1 aromatic rings. The van der Waals surface area contributed by atoms with Crippen LogP contribution in [0.4, 0.5) is 0 Å². The van der Waals surface area contributed by atoms with E-state index in [1.54, 1.807) is 7.11 Å². The van der Waals surface area contributed by atoms with Gasteiger partial charge in [-0.3, -0.25) is 0 Å². The molecule has 1 aromatic carbocycles. The van der Waals surface area contributed by atoms with Crippen molar-refractivity contribution in [1.29, 1.82) is 0 Å². The first-order chi connectivity index (χ1) is 7.85. The third-order valence-electron chi connectivity index (χ3n) is 3.60. The highest BCUT2D eigenvalue weighted by Crippen LogP contribution is 2.35. The summed E-state index contributed by atoms with van der Waals surface area (Å²) in [6.45, 7) is 0. The number of benzene rings is 1. The minimum atomic E-state index is 0.341. The van der Waals surface area contributed by atoms with E-state index >= 15 is 0 Å². The predicted octanol–water partition coefficient (Wildman–Crippen LogP) is 2.98. The van der Waals surface area contributed by atoms with Gasteiger partial charge in [0, 0.05) is 20.1 Å². The summed E-state index contributed by atoms with van der Waals surface area (Å²) in [7, 11) is 3.62. The van der Waals surface area contributed by atoms with Crippen LogP contribution in [0, 0.1) is 0 Å². The van der Waals surface area contributed by atoms with Gasteiger partial charge < -0.3 is 9.47 Å². The number of methoxy groups -OCH3 is 2. The lowest BCUT2D eigenvalue weighted by Crippen LogP contribution is -2.32. The molecule has 0 aromatic heterocycles. The third-order valence-corrected chi connectivity index (χ3v) is 3.60. The Morgan fingerprint density at radius 1 is 1.00 bits per heavy atom. The monoisotopic (exact) mass is 220 g/mol. The van der Waals surface area contributed by atoms with Crippen LogP contribution in [-0.4, -0.2) is 26.4 Å². The summed E-state index contributed by atoms with van der Waals surface area (Å²) < 4.78 is 11.1. The van der Waals surface area contributed by atoms with Crippen LogP contribution in [0.2, 0.25) is 0 Å². The van der Waals surface area contributed by atoms with Crippen molar-refractivity contribution >= 4 is 0 Å². The first-order valence-corrected chi connectivity index (χ1v) is 5.95. The zero-order valence-corrected chi connectivity index (χ0v) is 10.1. The Hall–Kier alpha value is -0.860. The molecule has 1 aliphatic rings. The Morgan fingerprint density at radius 2 is 1.75 bits per heavy atom. The number of hydrogen-bond acceptors (Lipinski definition) is 2. The van der Waals surface area contributed by atoms with Crippen LogP contribution in [0.15, 0.2) is 30.3 Å². The van der Waals surface area contributed by atoms with E-state index in [0.717, 1.165) is 19.3 Å². The van der Waals surface area contributed by atoms with E-state index in [9.17, 15) is 0 Å². The summed E-state index contributed by atoms with van der Waals surface area (Å²) >= 11 is 0.